The fraction of sp³-hybridized carbons (Fsp3) is 0.0357. The Morgan fingerprint density at radius 2 is 1.27 bits per heavy atom. The van der Waals surface area contributed by atoms with Crippen molar-refractivity contribution in [3.8, 4) is 16.3 Å². The molecule has 0 saturated heterocycles. The number of aromatic nitrogens is 2. The van der Waals surface area contributed by atoms with Gasteiger partial charge in [0.2, 0.25) is 0 Å². The summed E-state index contributed by atoms with van der Waals surface area (Å²) in [6, 6.07) is 28.4. The molecule has 0 aliphatic carbocycles. The van der Waals surface area contributed by atoms with Crippen LogP contribution >= 0.6 is 11.3 Å². The molecule has 0 fully saturated rings. The van der Waals surface area contributed by atoms with Gasteiger partial charge in [-0.05, 0) is 71.8 Å². The van der Waals surface area contributed by atoms with Gasteiger partial charge < -0.3 is 0 Å². The van der Waals surface area contributed by atoms with Crippen molar-refractivity contribution in [1.82, 2.24) is 9.55 Å². The average molecular weight is 447 g/mol. The first-order chi connectivity index (χ1) is 16.1. The van der Waals surface area contributed by atoms with Crippen molar-refractivity contribution in [2.24, 2.45) is 0 Å². The monoisotopic (exact) mass is 446 g/mol. The third-order valence-electron chi connectivity index (χ3n) is 5.93. The topological polar surface area (TPSA) is 52.0 Å². The highest BCUT2D eigenvalue weighted by molar-refractivity contribution is 7.21. The number of aryl methyl sites for hydroxylation is 1. The van der Waals surface area contributed by atoms with Crippen LogP contribution in [-0.4, -0.2) is 9.55 Å². The molecule has 0 aliphatic rings. The summed E-state index contributed by atoms with van der Waals surface area (Å²) in [5.41, 5.74) is 3.01. The molecule has 0 amide bonds. The summed E-state index contributed by atoms with van der Waals surface area (Å²) in [6.45, 7) is 2.07. The van der Waals surface area contributed by atoms with Gasteiger partial charge in [-0.25, -0.2) is 9.55 Å². The van der Waals surface area contributed by atoms with Crippen molar-refractivity contribution in [1.29, 1.82) is 0 Å². The standard InChI is InChI=1S/C28H18N2O2S/c1-17-10-15-24-25(16-17)33-26(29-24)18-11-13-19(14-12-18)30-27(31)22-8-4-2-6-20(22)21-7-3-5-9-23(21)28(30)32/h2-16H,1H3. The van der Waals surface area contributed by atoms with E-state index in [1.165, 1.54) is 10.1 Å². The Morgan fingerprint density at radius 1 is 0.697 bits per heavy atom. The van der Waals surface area contributed by atoms with Crippen LogP contribution in [0.2, 0.25) is 0 Å². The van der Waals surface area contributed by atoms with Gasteiger partial charge in [0.15, 0.2) is 0 Å². The van der Waals surface area contributed by atoms with E-state index in [0.29, 0.717) is 16.5 Å². The van der Waals surface area contributed by atoms with Gasteiger partial charge in [-0.1, -0.05) is 42.5 Å². The van der Waals surface area contributed by atoms with Gasteiger partial charge in [0.05, 0.1) is 15.9 Å². The minimum absolute atomic E-state index is 0.324. The van der Waals surface area contributed by atoms with Gasteiger partial charge in [-0.3, -0.25) is 9.59 Å². The summed E-state index contributed by atoms with van der Waals surface area (Å²) in [5, 5.41) is 3.49. The second-order valence-electron chi connectivity index (χ2n) is 8.07. The van der Waals surface area contributed by atoms with Crippen molar-refractivity contribution in [3.05, 3.63) is 117 Å². The zero-order valence-electron chi connectivity index (χ0n) is 17.8. The number of hydrogen-bond acceptors (Lipinski definition) is 4. The number of hydrogen-bond donors (Lipinski definition) is 0. The average Bonchev–Trinajstić information content (AvgIpc) is 3.24. The molecule has 2 aromatic heterocycles. The Hall–Kier alpha value is -4.09. The Labute approximate surface area is 193 Å². The molecule has 0 radical (unpaired) electrons. The highest BCUT2D eigenvalue weighted by Crippen LogP contribution is 2.31. The molecule has 6 rings (SSSR count). The van der Waals surface area contributed by atoms with Gasteiger partial charge in [0, 0.05) is 16.3 Å². The van der Waals surface area contributed by atoms with Crippen LogP contribution in [0, 0.1) is 6.92 Å². The first-order valence-corrected chi connectivity index (χ1v) is 11.5. The Bertz CT molecular complexity index is 1740. The molecule has 4 aromatic carbocycles. The summed E-state index contributed by atoms with van der Waals surface area (Å²) < 4.78 is 2.41. The van der Waals surface area contributed by atoms with Gasteiger partial charge in [0.1, 0.15) is 5.01 Å². The van der Waals surface area contributed by atoms with Gasteiger partial charge in [0.25, 0.3) is 11.1 Å². The van der Waals surface area contributed by atoms with Crippen LogP contribution < -0.4 is 11.1 Å². The molecule has 2 heterocycles. The van der Waals surface area contributed by atoms with E-state index in [4.69, 9.17) is 4.98 Å². The van der Waals surface area contributed by atoms with E-state index in [1.54, 1.807) is 23.5 Å². The molecule has 0 bridgehead atoms. The molecular formula is C28H18N2O2S. The minimum Gasteiger partial charge on any atom is -0.268 e. The first kappa shape index (κ1) is 19.6. The Morgan fingerprint density at radius 3 is 1.88 bits per heavy atom. The second-order valence-corrected chi connectivity index (χ2v) is 9.10. The van der Waals surface area contributed by atoms with Crippen molar-refractivity contribution >= 4 is 43.1 Å². The molecule has 0 spiro atoms. The van der Waals surface area contributed by atoms with Crippen LogP contribution in [-0.2, 0) is 0 Å². The summed E-state index contributed by atoms with van der Waals surface area (Å²) in [7, 11) is 0. The van der Waals surface area contributed by atoms with Crippen LogP contribution in [0.25, 0.3) is 48.0 Å². The molecule has 0 saturated carbocycles. The zero-order chi connectivity index (χ0) is 22.5. The number of fused-ring (bicyclic) bond motifs is 4. The fourth-order valence-corrected chi connectivity index (χ4v) is 5.35. The molecule has 0 N–H and O–H groups in total. The summed E-state index contributed by atoms with van der Waals surface area (Å²) in [5.74, 6) is 0. The van der Waals surface area contributed by atoms with Gasteiger partial charge in [-0.15, -0.1) is 11.3 Å². The maximum Gasteiger partial charge on any atom is 0.265 e. The predicted molar refractivity (Wildman–Crippen MR) is 137 cm³/mol. The number of rotatable bonds is 2. The number of nitrogens with zero attached hydrogens (tertiary/aromatic N) is 2. The predicted octanol–water partition coefficient (Wildman–Crippen LogP) is 6.09. The third kappa shape index (κ3) is 3.17. The lowest BCUT2D eigenvalue weighted by Crippen LogP contribution is -2.28. The molecule has 0 atom stereocenters. The highest BCUT2D eigenvalue weighted by Gasteiger charge is 2.13. The van der Waals surface area contributed by atoms with E-state index < -0.39 is 0 Å². The van der Waals surface area contributed by atoms with E-state index in [0.717, 1.165) is 31.6 Å². The highest BCUT2D eigenvalue weighted by atomic mass is 32.1. The number of benzene rings is 4. The molecule has 0 aliphatic heterocycles. The molecule has 4 nitrogen and oxygen atoms in total. The molecule has 6 aromatic rings. The lowest BCUT2D eigenvalue weighted by atomic mass is 10.1. The first-order valence-electron chi connectivity index (χ1n) is 10.6. The quantitative estimate of drug-likeness (QED) is 0.323. The van der Waals surface area contributed by atoms with Crippen LogP contribution in [0.15, 0.2) is 101 Å². The zero-order valence-corrected chi connectivity index (χ0v) is 18.6. The van der Waals surface area contributed by atoms with E-state index in [2.05, 4.69) is 19.1 Å². The van der Waals surface area contributed by atoms with E-state index in [9.17, 15) is 9.59 Å². The van der Waals surface area contributed by atoms with Crippen molar-refractivity contribution in [2.75, 3.05) is 0 Å². The molecule has 33 heavy (non-hydrogen) atoms. The number of thiazole rings is 1. The van der Waals surface area contributed by atoms with Crippen molar-refractivity contribution < 1.29 is 0 Å². The van der Waals surface area contributed by atoms with E-state index in [-0.39, 0.29) is 11.1 Å². The van der Waals surface area contributed by atoms with Crippen LogP contribution in [0.1, 0.15) is 5.56 Å². The molecule has 0 unspecified atom stereocenters. The van der Waals surface area contributed by atoms with Crippen LogP contribution in [0.4, 0.5) is 0 Å². The third-order valence-corrected chi connectivity index (χ3v) is 6.99. The van der Waals surface area contributed by atoms with Crippen LogP contribution in [0.5, 0.6) is 0 Å². The minimum atomic E-state index is -0.324. The molecule has 5 heteroatoms. The second kappa shape index (κ2) is 7.50. The lowest BCUT2D eigenvalue weighted by Gasteiger charge is -2.04. The van der Waals surface area contributed by atoms with Crippen LogP contribution in [0.3, 0.4) is 0 Å². The molecule has 158 valence electrons. The summed E-state index contributed by atoms with van der Waals surface area (Å²) in [4.78, 5) is 31.8. The van der Waals surface area contributed by atoms with Crippen molar-refractivity contribution in [2.45, 2.75) is 6.92 Å². The largest absolute Gasteiger partial charge is 0.268 e. The SMILES string of the molecule is Cc1ccc2nc(-c3ccc(-n4c(=O)c5ccccc5c5ccccc5c4=O)cc3)sc2c1. The van der Waals surface area contributed by atoms with E-state index >= 15 is 0 Å². The van der Waals surface area contributed by atoms with Gasteiger partial charge in [-0.2, -0.15) is 0 Å². The Balaban J connectivity index is 1.57. The smallest absolute Gasteiger partial charge is 0.265 e. The normalized spacial score (nSPS) is 11.4. The summed E-state index contributed by atoms with van der Waals surface area (Å²) >= 11 is 1.63. The summed E-state index contributed by atoms with van der Waals surface area (Å²) in [6.07, 6.45) is 0. The molecular weight excluding hydrogens is 428 g/mol. The maximum atomic E-state index is 13.5. The van der Waals surface area contributed by atoms with Gasteiger partial charge >= 0.3 is 0 Å². The lowest BCUT2D eigenvalue weighted by molar-refractivity contribution is 0.976. The van der Waals surface area contributed by atoms with E-state index in [1.807, 2.05) is 66.7 Å². The fourth-order valence-electron chi connectivity index (χ4n) is 4.28. The Kier molecular flexibility index (Phi) is 4.45. The maximum absolute atomic E-state index is 13.5. The van der Waals surface area contributed by atoms with Crippen molar-refractivity contribution in [3.63, 3.8) is 0 Å².